The molecule has 1 N–H and O–H groups in total. The predicted molar refractivity (Wildman–Crippen MR) is 122 cm³/mol. The van der Waals surface area contributed by atoms with Gasteiger partial charge in [0.05, 0.1) is 35.4 Å². The summed E-state index contributed by atoms with van der Waals surface area (Å²) in [6.07, 6.45) is 0. The van der Waals surface area contributed by atoms with Crippen molar-refractivity contribution in [2.75, 3.05) is 30.4 Å². The number of nitrogens with zero attached hydrogens (tertiary/aromatic N) is 2. The van der Waals surface area contributed by atoms with E-state index in [-0.39, 0.29) is 16.3 Å². The van der Waals surface area contributed by atoms with Crippen molar-refractivity contribution < 1.29 is 27.6 Å². The molecule has 0 aliphatic heterocycles. The van der Waals surface area contributed by atoms with Crippen molar-refractivity contribution in [1.29, 1.82) is 0 Å². The molecule has 10 nitrogen and oxygen atoms in total. The van der Waals surface area contributed by atoms with Crippen molar-refractivity contribution in [2.24, 2.45) is 0 Å². The Bertz CT molecular complexity index is 1250. The van der Waals surface area contributed by atoms with Gasteiger partial charge >= 0.3 is 0 Å². The minimum atomic E-state index is -4.16. The van der Waals surface area contributed by atoms with Gasteiger partial charge in [-0.3, -0.25) is 19.2 Å². The van der Waals surface area contributed by atoms with Crippen molar-refractivity contribution in [1.82, 2.24) is 0 Å². The lowest BCUT2D eigenvalue weighted by Crippen LogP contribution is -2.38. The molecule has 0 spiro atoms. The number of nitrogens with one attached hydrogen (secondary N) is 1. The molecule has 0 unspecified atom stereocenters. The van der Waals surface area contributed by atoms with E-state index < -0.39 is 27.4 Å². The van der Waals surface area contributed by atoms with Gasteiger partial charge in [0, 0.05) is 18.2 Å². The lowest BCUT2D eigenvalue weighted by Gasteiger charge is -2.24. The number of carbonyl (C=O) groups excluding carboxylic acids is 1. The number of anilines is 2. The van der Waals surface area contributed by atoms with E-state index in [0.29, 0.717) is 17.2 Å². The highest BCUT2D eigenvalue weighted by Gasteiger charge is 2.28. The van der Waals surface area contributed by atoms with Crippen LogP contribution in [0, 0.1) is 10.1 Å². The second-order valence-corrected chi connectivity index (χ2v) is 8.57. The van der Waals surface area contributed by atoms with Gasteiger partial charge in [-0.2, -0.15) is 0 Å². The number of hydrogen-bond acceptors (Lipinski definition) is 7. The van der Waals surface area contributed by atoms with Gasteiger partial charge in [0.15, 0.2) is 0 Å². The molecule has 0 aliphatic rings. The van der Waals surface area contributed by atoms with Crippen LogP contribution in [0.15, 0.2) is 77.7 Å². The maximum atomic E-state index is 13.3. The summed E-state index contributed by atoms with van der Waals surface area (Å²) in [6.45, 7) is -0.588. The van der Waals surface area contributed by atoms with Crippen LogP contribution in [0.25, 0.3) is 0 Å². The van der Waals surface area contributed by atoms with E-state index in [2.05, 4.69) is 5.32 Å². The monoisotopic (exact) mass is 471 g/mol. The number of amides is 1. The number of benzene rings is 3. The summed E-state index contributed by atoms with van der Waals surface area (Å²) in [5.41, 5.74) is 0.182. The largest absolute Gasteiger partial charge is 0.497 e. The predicted octanol–water partition coefficient (Wildman–Crippen LogP) is 3.45. The molecule has 0 aromatic heterocycles. The van der Waals surface area contributed by atoms with E-state index in [1.165, 1.54) is 50.6 Å². The minimum Gasteiger partial charge on any atom is -0.497 e. The molecular formula is C22H21N3O7S. The maximum absolute atomic E-state index is 13.3. The summed E-state index contributed by atoms with van der Waals surface area (Å²) >= 11 is 0. The molecular weight excluding hydrogens is 450 g/mol. The Balaban J connectivity index is 1.96. The van der Waals surface area contributed by atoms with Crippen molar-refractivity contribution in [3.05, 3.63) is 82.9 Å². The first-order valence-corrected chi connectivity index (χ1v) is 11.0. The standard InChI is InChI=1S/C22H21N3O7S/c1-31-18-12-13-21(32-2)20(14-18)23-22(26)15-24(16-8-10-17(11-9-16)25(27)28)33(29,30)19-6-4-3-5-7-19/h3-14H,15H2,1-2H3,(H,23,26). The highest BCUT2D eigenvalue weighted by Crippen LogP contribution is 2.30. The van der Waals surface area contributed by atoms with Crippen molar-refractivity contribution >= 4 is 33.0 Å². The summed E-state index contributed by atoms with van der Waals surface area (Å²) in [5.74, 6) is 0.173. The van der Waals surface area contributed by atoms with Crippen LogP contribution in [0.1, 0.15) is 0 Å². The Morgan fingerprint density at radius 3 is 2.24 bits per heavy atom. The molecule has 172 valence electrons. The summed E-state index contributed by atoms with van der Waals surface area (Å²) < 4.78 is 37.9. The van der Waals surface area contributed by atoms with Crippen LogP contribution in [0.4, 0.5) is 17.1 Å². The third-order valence-electron chi connectivity index (χ3n) is 4.65. The molecule has 0 heterocycles. The molecule has 0 saturated heterocycles. The van der Waals surface area contributed by atoms with Crippen LogP contribution in [0.5, 0.6) is 11.5 Å². The Morgan fingerprint density at radius 1 is 1.00 bits per heavy atom. The number of carbonyl (C=O) groups is 1. The number of sulfonamides is 1. The highest BCUT2D eigenvalue weighted by molar-refractivity contribution is 7.92. The molecule has 11 heteroatoms. The molecule has 0 aliphatic carbocycles. The van der Waals surface area contributed by atoms with Gasteiger partial charge in [0.1, 0.15) is 18.0 Å². The third kappa shape index (κ3) is 5.39. The van der Waals surface area contributed by atoms with Crippen LogP contribution < -0.4 is 19.1 Å². The van der Waals surface area contributed by atoms with E-state index in [9.17, 15) is 23.3 Å². The molecule has 3 rings (SSSR count). The first-order chi connectivity index (χ1) is 15.8. The fraction of sp³-hybridized carbons (Fsp3) is 0.136. The molecule has 3 aromatic rings. The summed E-state index contributed by atoms with van der Waals surface area (Å²) in [7, 11) is -1.26. The van der Waals surface area contributed by atoms with Crippen LogP contribution in [-0.2, 0) is 14.8 Å². The Kier molecular flexibility index (Phi) is 7.13. The lowest BCUT2D eigenvalue weighted by atomic mass is 10.2. The molecule has 0 saturated carbocycles. The van der Waals surface area contributed by atoms with Gasteiger partial charge in [0.25, 0.3) is 15.7 Å². The molecule has 1 amide bonds. The molecule has 0 fully saturated rings. The first kappa shape index (κ1) is 23.5. The van der Waals surface area contributed by atoms with Crippen LogP contribution in [0.2, 0.25) is 0 Å². The number of nitro benzene ring substituents is 1. The van der Waals surface area contributed by atoms with E-state index in [4.69, 9.17) is 9.47 Å². The van der Waals surface area contributed by atoms with Gasteiger partial charge in [-0.15, -0.1) is 0 Å². The normalized spacial score (nSPS) is 10.8. The zero-order valence-electron chi connectivity index (χ0n) is 17.8. The molecule has 33 heavy (non-hydrogen) atoms. The SMILES string of the molecule is COc1ccc(OC)c(NC(=O)CN(c2ccc([N+](=O)[O-])cc2)S(=O)(=O)c2ccccc2)c1. The van der Waals surface area contributed by atoms with Crippen LogP contribution >= 0.6 is 0 Å². The molecule has 0 bridgehead atoms. The van der Waals surface area contributed by atoms with Crippen molar-refractivity contribution in [3.8, 4) is 11.5 Å². The topological polar surface area (TPSA) is 128 Å². The zero-order valence-corrected chi connectivity index (χ0v) is 18.6. The second-order valence-electron chi connectivity index (χ2n) is 6.71. The Morgan fingerprint density at radius 2 is 1.67 bits per heavy atom. The number of ether oxygens (including phenoxy) is 2. The number of methoxy groups -OCH3 is 2. The second kappa shape index (κ2) is 10.0. The van der Waals surface area contributed by atoms with E-state index in [1.807, 2.05) is 0 Å². The number of non-ortho nitro benzene ring substituents is 1. The first-order valence-electron chi connectivity index (χ1n) is 9.60. The molecule has 3 aromatic carbocycles. The van der Waals surface area contributed by atoms with Gasteiger partial charge in [-0.05, 0) is 36.4 Å². The van der Waals surface area contributed by atoms with Crippen LogP contribution in [0.3, 0.4) is 0 Å². The van der Waals surface area contributed by atoms with Gasteiger partial charge < -0.3 is 14.8 Å². The minimum absolute atomic E-state index is 0.0323. The molecule has 0 atom stereocenters. The Hall–Kier alpha value is -4.12. The van der Waals surface area contributed by atoms with Crippen molar-refractivity contribution in [2.45, 2.75) is 4.90 Å². The smallest absolute Gasteiger partial charge is 0.269 e. The summed E-state index contributed by atoms with van der Waals surface area (Å²) in [6, 6.07) is 17.3. The lowest BCUT2D eigenvalue weighted by molar-refractivity contribution is -0.384. The number of rotatable bonds is 9. The number of nitro groups is 1. The van der Waals surface area contributed by atoms with Gasteiger partial charge in [-0.25, -0.2) is 8.42 Å². The summed E-state index contributed by atoms with van der Waals surface area (Å²) in [5, 5.41) is 13.6. The van der Waals surface area contributed by atoms with Crippen LogP contribution in [-0.4, -0.2) is 40.0 Å². The van der Waals surface area contributed by atoms with Gasteiger partial charge in [0.2, 0.25) is 5.91 Å². The van der Waals surface area contributed by atoms with Crippen molar-refractivity contribution in [3.63, 3.8) is 0 Å². The van der Waals surface area contributed by atoms with Gasteiger partial charge in [-0.1, -0.05) is 18.2 Å². The average molecular weight is 471 g/mol. The zero-order chi connectivity index (χ0) is 24.0. The average Bonchev–Trinajstić information content (AvgIpc) is 2.83. The highest BCUT2D eigenvalue weighted by atomic mass is 32.2. The quantitative estimate of drug-likeness (QED) is 0.374. The van der Waals surface area contributed by atoms with E-state index >= 15 is 0 Å². The van der Waals surface area contributed by atoms with E-state index in [0.717, 1.165) is 4.31 Å². The maximum Gasteiger partial charge on any atom is 0.269 e. The molecule has 0 radical (unpaired) electrons. The summed E-state index contributed by atoms with van der Waals surface area (Å²) in [4.78, 5) is 23.2. The Labute approximate surface area is 190 Å². The van der Waals surface area contributed by atoms with E-state index in [1.54, 1.807) is 36.4 Å². The number of hydrogen-bond donors (Lipinski definition) is 1. The fourth-order valence-electron chi connectivity index (χ4n) is 3.01. The fourth-order valence-corrected chi connectivity index (χ4v) is 4.45. The third-order valence-corrected chi connectivity index (χ3v) is 6.44.